The van der Waals surface area contributed by atoms with Crippen molar-refractivity contribution in [1.82, 2.24) is 5.32 Å². The van der Waals surface area contributed by atoms with Gasteiger partial charge in [0.1, 0.15) is 0 Å². The molecule has 20 heavy (non-hydrogen) atoms. The van der Waals surface area contributed by atoms with E-state index in [0.717, 1.165) is 11.4 Å². The Morgan fingerprint density at radius 3 is 2.80 bits per heavy atom. The monoisotopic (exact) mass is 286 g/mol. The van der Waals surface area contributed by atoms with Crippen LogP contribution in [0.3, 0.4) is 0 Å². The smallest absolute Gasteiger partial charge is 0.0667 e. The second-order valence-electron chi connectivity index (χ2n) is 5.38. The Morgan fingerprint density at radius 1 is 1.20 bits per heavy atom. The summed E-state index contributed by atoms with van der Waals surface area (Å²) in [6, 6.07) is 15.3. The van der Waals surface area contributed by atoms with Crippen molar-refractivity contribution in [3.8, 4) is 0 Å². The van der Waals surface area contributed by atoms with Gasteiger partial charge >= 0.3 is 0 Å². The number of rotatable bonds is 2. The van der Waals surface area contributed by atoms with E-state index in [1.54, 1.807) is 0 Å². The zero-order valence-electron chi connectivity index (χ0n) is 11.8. The second-order valence-corrected chi connectivity index (χ2v) is 5.81. The van der Waals surface area contributed by atoms with Gasteiger partial charge in [-0.1, -0.05) is 35.9 Å². The van der Waals surface area contributed by atoms with Crippen LogP contribution in [-0.4, -0.2) is 13.1 Å². The SMILES string of the molecule is CNC(C)C1Nc2ccc(Cl)cc2Cc2ccccc21. The molecule has 0 bridgehead atoms. The van der Waals surface area contributed by atoms with Gasteiger partial charge in [-0.05, 0) is 55.3 Å². The minimum Gasteiger partial charge on any atom is -0.376 e. The van der Waals surface area contributed by atoms with Crippen molar-refractivity contribution >= 4 is 17.3 Å². The number of likely N-dealkylation sites (N-methyl/N-ethyl adjacent to an activating group) is 1. The van der Waals surface area contributed by atoms with E-state index in [0.29, 0.717) is 6.04 Å². The molecule has 0 radical (unpaired) electrons. The fourth-order valence-electron chi connectivity index (χ4n) is 2.86. The fraction of sp³-hybridized carbons (Fsp3) is 0.294. The van der Waals surface area contributed by atoms with Crippen LogP contribution in [0.4, 0.5) is 5.69 Å². The lowest BCUT2D eigenvalue weighted by atomic mass is 9.94. The molecule has 2 unspecified atom stereocenters. The molecule has 0 saturated heterocycles. The fourth-order valence-corrected chi connectivity index (χ4v) is 3.05. The number of benzene rings is 2. The molecule has 0 saturated carbocycles. The van der Waals surface area contributed by atoms with Crippen molar-refractivity contribution in [2.45, 2.75) is 25.4 Å². The molecule has 0 aliphatic carbocycles. The average Bonchev–Trinajstić information content (AvgIpc) is 2.62. The lowest BCUT2D eigenvalue weighted by Gasteiger charge is -2.26. The highest BCUT2D eigenvalue weighted by atomic mass is 35.5. The van der Waals surface area contributed by atoms with Crippen LogP contribution in [0.2, 0.25) is 5.02 Å². The second kappa shape index (κ2) is 5.47. The Labute approximate surface area is 125 Å². The van der Waals surface area contributed by atoms with Gasteiger partial charge in [-0.15, -0.1) is 0 Å². The third-order valence-electron chi connectivity index (χ3n) is 4.10. The maximum Gasteiger partial charge on any atom is 0.0667 e. The summed E-state index contributed by atoms with van der Waals surface area (Å²) >= 11 is 6.14. The number of nitrogens with one attached hydrogen (secondary N) is 2. The van der Waals surface area contributed by atoms with Crippen molar-refractivity contribution in [3.63, 3.8) is 0 Å². The van der Waals surface area contributed by atoms with E-state index in [1.165, 1.54) is 22.4 Å². The summed E-state index contributed by atoms with van der Waals surface area (Å²) in [7, 11) is 2.00. The molecule has 3 rings (SSSR count). The van der Waals surface area contributed by atoms with Crippen molar-refractivity contribution in [2.24, 2.45) is 0 Å². The Hall–Kier alpha value is -1.51. The molecule has 2 atom stereocenters. The van der Waals surface area contributed by atoms with Crippen LogP contribution in [0.5, 0.6) is 0 Å². The topological polar surface area (TPSA) is 24.1 Å². The summed E-state index contributed by atoms with van der Waals surface area (Å²) in [5.41, 5.74) is 5.17. The largest absolute Gasteiger partial charge is 0.376 e. The van der Waals surface area contributed by atoms with Gasteiger partial charge in [-0.25, -0.2) is 0 Å². The molecule has 0 aromatic heterocycles. The van der Waals surface area contributed by atoms with Crippen molar-refractivity contribution in [3.05, 3.63) is 64.2 Å². The van der Waals surface area contributed by atoms with Crippen LogP contribution in [-0.2, 0) is 6.42 Å². The molecule has 3 heteroatoms. The van der Waals surface area contributed by atoms with Crippen LogP contribution in [0.1, 0.15) is 29.7 Å². The highest BCUT2D eigenvalue weighted by molar-refractivity contribution is 6.30. The van der Waals surface area contributed by atoms with Crippen molar-refractivity contribution < 1.29 is 0 Å². The van der Waals surface area contributed by atoms with Gasteiger partial charge in [0.2, 0.25) is 0 Å². The lowest BCUT2D eigenvalue weighted by molar-refractivity contribution is 0.533. The molecule has 1 aliphatic rings. The van der Waals surface area contributed by atoms with Gasteiger partial charge in [-0.2, -0.15) is 0 Å². The van der Waals surface area contributed by atoms with Gasteiger partial charge in [0.15, 0.2) is 0 Å². The first-order valence-electron chi connectivity index (χ1n) is 6.99. The number of hydrogen-bond donors (Lipinski definition) is 2. The van der Waals surface area contributed by atoms with Crippen LogP contribution in [0, 0.1) is 0 Å². The zero-order chi connectivity index (χ0) is 14.1. The number of fused-ring (bicyclic) bond motifs is 2. The predicted molar refractivity (Wildman–Crippen MR) is 85.6 cm³/mol. The number of halogens is 1. The van der Waals surface area contributed by atoms with Gasteiger partial charge in [-0.3, -0.25) is 0 Å². The van der Waals surface area contributed by atoms with Crippen LogP contribution in [0.25, 0.3) is 0 Å². The summed E-state index contributed by atoms with van der Waals surface area (Å²) < 4.78 is 0. The maximum atomic E-state index is 6.14. The summed E-state index contributed by atoms with van der Waals surface area (Å²) in [4.78, 5) is 0. The third-order valence-corrected chi connectivity index (χ3v) is 4.34. The Balaban J connectivity index is 2.12. The van der Waals surface area contributed by atoms with Crippen LogP contribution >= 0.6 is 11.6 Å². The molecule has 0 fully saturated rings. The van der Waals surface area contributed by atoms with Gasteiger partial charge < -0.3 is 10.6 Å². The predicted octanol–water partition coefficient (Wildman–Crippen LogP) is 4.01. The Kier molecular flexibility index (Phi) is 3.68. The first kappa shape index (κ1) is 13.5. The Bertz CT molecular complexity index is 624. The standard InChI is InChI=1S/C17H19ClN2/c1-11(19-2)17-15-6-4-3-5-12(15)9-13-10-14(18)7-8-16(13)20-17/h3-8,10-11,17,19-20H,9H2,1-2H3. The summed E-state index contributed by atoms with van der Waals surface area (Å²) in [5, 5.41) is 7.82. The molecule has 0 spiro atoms. The molecule has 0 amide bonds. The number of anilines is 1. The first-order chi connectivity index (χ1) is 9.69. The molecule has 1 aliphatic heterocycles. The molecule has 2 aromatic carbocycles. The maximum absolute atomic E-state index is 6.14. The zero-order valence-corrected chi connectivity index (χ0v) is 12.5. The van der Waals surface area contributed by atoms with E-state index in [2.05, 4.69) is 54.0 Å². The van der Waals surface area contributed by atoms with Crippen LogP contribution < -0.4 is 10.6 Å². The highest BCUT2D eigenvalue weighted by Crippen LogP contribution is 2.34. The molecular formula is C17H19ClN2. The van der Waals surface area contributed by atoms with E-state index in [9.17, 15) is 0 Å². The molecule has 104 valence electrons. The van der Waals surface area contributed by atoms with Gasteiger partial charge in [0.05, 0.1) is 6.04 Å². The van der Waals surface area contributed by atoms with Gasteiger partial charge in [0.25, 0.3) is 0 Å². The van der Waals surface area contributed by atoms with E-state index in [-0.39, 0.29) is 6.04 Å². The quantitative estimate of drug-likeness (QED) is 0.872. The summed E-state index contributed by atoms with van der Waals surface area (Å²) in [6.07, 6.45) is 0.923. The van der Waals surface area contributed by atoms with E-state index in [4.69, 9.17) is 11.6 Å². The highest BCUT2D eigenvalue weighted by Gasteiger charge is 2.24. The third kappa shape index (κ3) is 2.41. The van der Waals surface area contributed by atoms with Crippen molar-refractivity contribution in [1.29, 1.82) is 0 Å². The Morgan fingerprint density at radius 2 is 2.00 bits per heavy atom. The summed E-state index contributed by atoms with van der Waals surface area (Å²) in [6.45, 7) is 2.20. The first-order valence-corrected chi connectivity index (χ1v) is 7.37. The molecule has 2 aromatic rings. The van der Waals surface area contributed by atoms with Gasteiger partial charge in [0, 0.05) is 16.8 Å². The molecule has 2 N–H and O–H groups in total. The minimum atomic E-state index is 0.263. The molecule has 1 heterocycles. The summed E-state index contributed by atoms with van der Waals surface area (Å²) in [5.74, 6) is 0. The van der Waals surface area contributed by atoms with Crippen molar-refractivity contribution in [2.75, 3.05) is 12.4 Å². The van der Waals surface area contributed by atoms with Crippen LogP contribution in [0.15, 0.2) is 42.5 Å². The number of hydrogen-bond acceptors (Lipinski definition) is 2. The van der Waals surface area contributed by atoms with E-state index in [1.807, 2.05) is 13.1 Å². The van der Waals surface area contributed by atoms with E-state index < -0.39 is 0 Å². The molecular weight excluding hydrogens is 268 g/mol. The lowest BCUT2D eigenvalue weighted by Crippen LogP contribution is -2.33. The van der Waals surface area contributed by atoms with E-state index >= 15 is 0 Å². The molecule has 2 nitrogen and oxygen atoms in total. The average molecular weight is 287 g/mol. The normalized spacial score (nSPS) is 18.4. The minimum absolute atomic E-state index is 0.263.